The molecular weight excluding hydrogens is 465 g/mol. The first kappa shape index (κ1) is 22.4. The topological polar surface area (TPSA) is 80.3 Å². The van der Waals surface area contributed by atoms with Crippen LogP contribution in [0.5, 0.6) is 0 Å². The zero-order valence-corrected chi connectivity index (χ0v) is 18.6. The Morgan fingerprint density at radius 1 is 0.700 bits per heavy atom. The SMILES string of the molecule is O=S(=O)(C(=CNCc1ccccc1)S(=O)(=O)c1ccc(Cl)cc1)c1ccc(Cl)cc1. The molecule has 0 saturated carbocycles. The molecule has 3 rings (SSSR count). The van der Waals surface area contributed by atoms with Gasteiger partial charge in [-0.2, -0.15) is 0 Å². The van der Waals surface area contributed by atoms with Crippen LogP contribution in [-0.2, 0) is 26.2 Å². The fraction of sp³-hybridized carbons (Fsp3) is 0.0476. The highest BCUT2D eigenvalue weighted by molar-refractivity contribution is 8.14. The van der Waals surface area contributed by atoms with E-state index in [0.717, 1.165) is 11.8 Å². The van der Waals surface area contributed by atoms with Crippen molar-refractivity contribution in [1.82, 2.24) is 5.32 Å². The molecule has 0 fully saturated rings. The molecule has 0 aromatic heterocycles. The van der Waals surface area contributed by atoms with Crippen molar-refractivity contribution in [1.29, 1.82) is 0 Å². The van der Waals surface area contributed by atoms with Gasteiger partial charge < -0.3 is 5.32 Å². The molecule has 0 amide bonds. The first-order valence-corrected chi connectivity index (χ1v) is 12.4. The molecule has 5 nitrogen and oxygen atoms in total. The highest BCUT2D eigenvalue weighted by atomic mass is 35.5. The van der Waals surface area contributed by atoms with Gasteiger partial charge in [-0.05, 0) is 54.1 Å². The maximum atomic E-state index is 13.2. The highest BCUT2D eigenvalue weighted by Crippen LogP contribution is 2.30. The Morgan fingerprint density at radius 3 is 1.57 bits per heavy atom. The van der Waals surface area contributed by atoms with Gasteiger partial charge in [0, 0.05) is 22.8 Å². The summed E-state index contributed by atoms with van der Waals surface area (Å²) >= 11 is 11.7. The molecule has 3 aromatic carbocycles. The lowest BCUT2D eigenvalue weighted by atomic mass is 10.2. The maximum Gasteiger partial charge on any atom is 0.219 e. The summed E-state index contributed by atoms with van der Waals surface area (Å²) in [4.78, 5) is -0.366. The zero-order chi connectivity index (χ0) is 21.8. The van der Waals surface area contributed by atoms with E-state index < -0.39 is 23.9 Å². The van der Waals surface area contributed by atoms with Crippen molar-refractivity contribution >= 4 is 42.9 Å². The average Bonchev–Trinajstić information content (AvgIpc) is 2.72. The Bertz CT molecular complexity index is 1180. The second-order valence-corrected chi connectivity index (χ2v) is 11.2. The van der Waals surface area contributed by atoms with Crippen LogP contribution < -0.4 is 5.32 Å². The number of halogens is 2. The zero-order valence-electron chi connectivity index (χ0n) is 15.5. The van der Waals surface area contributed by atoms with E-state index in [1.54, 1.807) is 0 Å². The predicted octanol–water partition coefficient (Wildman–Crippen LogP) is 4.83. The van der Waals surface area contributed by atoms with Crippen LogP contribution in [0.1, 0.15) is 5.56 Å². The van der Waals surface area contributed by atoms with E-state index in [2.05, 4.69) is 5.32 Å². The largest absolute Gasteiger partial charge is 0.385 e. The van der Waals surface area contributed by atoms with Gasteiger partial charge in [-0.25, -0.2) is 16.8 Å². The molecule has 0 aliphatic heterocycles. The number of rotatable bonds is 7. The molecular formula is C21H17Cl2NO4S2. The van der Waals surface area contributed by atoms with Gasteiger partial charge in [-0.15, -0.1) is 0 Å². The fourth-order valence-corrected chi connectivity index (χ4v) is 6.52. The summed E-state index contributed by atoms with van der Waals surface area (Å²) in [6.45, 7) is 0.247. The minimum atomic E-state index is -4.37. The average molecular weight is 482 g/mol. The molecule has 0 atom stereocenters. The van der Waals surface area contributed by atoms with Crippen LogP contribution >= 0.6 is 23.2 Å². The Balaban J connectivity index is 2.07. The molecule has 156 valence electrons. The normalized spacial score (nSPS) is 11.7. The summed E-state index contributed by atoms with van der Waals surface area (Å²) < 4.78 is 52.1. The van der Waals surface area contributed by atoms with Gasteiger partial charge in [-0.1, -0.05) is 53.5 Å². The van der Waals surface area contributed by atoms with Crippen molar-refractivity contribution in [2.75, 3.05) is 0 Å². The number of nitrogens with one attached hydrogen (secondary N) is 1. The smallest absolute Gasteiger partial charge is 0.219 e. The van der Waals surface area contributed by atoms with Crippen LogP contribution in [0, 0.1) is 0 Å². The molecule has 0 aliphatic carbocycles. The van der Waals surface area contributed by atoms with Crippen LogP contribution in [0.3, 0.4) is 0 Å². The molecule has 9 heteroatoms. The van der Waals surface area contributed by atoms with E-state index in [0.29, 0.717) is 10.0 Å². The van der Waals surface area contributed by atoms with E-state index in [1.165, 1.54) is 48.5 Å². The molecule has 0 unspecified atom stereocenters. The van der Waals surface area contributed by atoms with Crippen LogP contribution in [0.15, 0.2) is 99.1 Å². The van der Waals surface area contributed by atoms with Crippen LogP contribution in [0.4, 0.5) is 0 Å². The second kappa shape index (κ2) is 9.22. The minimum absolute atomic E-state index is 0.183. The van der Waals surface area contributed by atoms with Crippen LogP contribution in [0.25, 0.3) is 0 Å². The Labute approximate surface area is 185 Å². The summed E-state index contributed by atoms with van der Waals surface area (Å²) in [7, 11) is -8.74. The third-order valence-electron chi connectivity index (χ3n) is 4.15. The predicted molar refractivity (Wildman–Crippen MR) is 119 cm³/mol. The van der Waals surface area contributed by atoms with Gasteiger partial charge >= 0.3 is 0 Å². The summed E-state index contributed by atoms with van der Waals surface area (Å²) in [5.74, 6) is 0. The van der Waals surface area contributed by atoms with E-state index in [9.17, 15) is 16.8 Å². The van der Waals surface area contributed by atoms with E-state index >= 15 is 0 Å². The van der Waals surface area contributed by atoms with Crippen molar-refractivity contribution in [3.63, 3.8) is 0 Å². The molecule has 0 spiro atoms. The van der Waals surface area contributed by atoms with E-state index in [4.69, 9.17) is 23.2 Å². The van der Waals surface area contributed by atoms with Crippen molar-refractivity contribution < 1.29 is 16.8 Å². The van der Waals surface area contributed by atoms with E-state index in [1.807, 2.05) is 30.3 Å². The van der Waals surface area contributed by atoms with E-state index in [-0.39, 0.29) is 16.3 Å². The van der Waals surface area contributed by atoms with Crippen LogP contribution in [-0.4, -0.2) is 16.8 Å². The first-order valence-electron chi connectivity index (χ1n) is 8.70. The molecule has 1 N–H and O–H groups in total. The van der Waals surface area contributed by atoms with Gasteiger partial charge in [0.15, 0.2) is 4.24 Å². The van der Waals surface area contributed by atoms with Crippen molar-refractivity contribution in [2.45, 2.75) is 16.3 Å². The lowest BCUT2D eigenvalue weighted by molar-refractivity contribution is 0.594. The van der Waals surface area contributed by atoms with Gasteiger partial charge in [0.05, 0.1) is 9.79 Å². The van der Waals surface area contributed by atoms with Crippen molar-refractivity contribution in [2.24, 2.45) is 0 Å². The quantitative estimate of drug-likeness (QED) is 0.522. The number of sulfone groups is 2. The van der Waals surface area contributed by atoms with Crippen molar-refractivity contribution in [3.05, 3.63) is 105 Å². The highest BCUT2D eigenvalue weighted by Gasteiger charge is 2.33. The fourth-order valence-electron chi connectivity index (χ4n) is 2.61. The van der Waals surface area contributed by atoms with Crippen molar-refractivity contribution in [3.8, 4) is 0 Å². The summed E-state index contributed by atoms with van der Waals surface area (Å²) in [6, 6.07) is 19.8. The Kier molecular flexibility index (Phi) is 6.88. The monoisotopic (exact) mass is 481 g/mol. The van der Waals surface area contributed by atoms with Gasteiger partial charge in [-0.3, -0.25) is 0 Å². The van der Waals surface area contributed by atoms with Crippen LogP contribution in [0.2, 0.25) is 10.0 Å². The van der Waals surface area contributed by atoms with Gasteiger partial charge in [0.2, 0.25) is 19.7 Å². The number of hydrogen-bond acceptors (Lipinski definition) is 5. The lowest BCUT2D eigenvalue weighted by Crippen LogP contribution is -2.19. The summed E-state index contributed by atoms with van der Waals surface area (Å²) in [5, 5.41) is 3.47. The molecule has 0 heterocycles. The lowest BCUT2D eigenvalue weighted by Gasteiger charge is -2.12. The molecule has 3 aromatic rings. The first-order chi connectivity index (χ1) is 14.2. The molecule has 0 saturated heterocycles. The molecule has 0 aliphatic rings. The summed E-state index contributed by atoms with van der Waals surface area (Å²) in [5.41, 5.74) is 0.862. The Hall–Kier alpha value is -2.32. The molecule has 0 bridgehead atoms. The van der Waals surface area contributed by atoms with Gasteiger partial charge in [0.25, 0.3) is 0 Å². The number of benzene rings is 3. The third-order valence-corrected chi connectivity index (χ3v) is 9.05. The maximum absolute atomic E-state index is 13.2. The minimum Gasteiger partial charge on any atom is -0.385 e. The standard InChI is InChI=1S/C21H17Cl2NO4S2/c22-17-6-10-19(11-7-17)29(25,26)21(15-24-14-16-4-2-1-3-5-16)30(27,28)20-12-8-18(23)9-13-20/h1-13,15,24H,14H2. The van der Waals surface area contributed by atoms with Gasteiger partial charge in [0.1, 0.15) is 0 Å². The molecule has 30 heavy (non-hydrogen) atoms. The Morgan fingerprint density at radius 2 is 1.13 bits per heavy atom. The number of hydrogen-bond donors (Lipinski definition) is 1. The second-order valence-electron chi connectivity index (χ2n) is 6.24. The molecule has 0 radical (unpaired) electrons. The summed E-state index contributed by atoms with van der Waals surface area (Å²) in [6.07, 6.45) is 1.01. The third kappa shape index (κ3) is 5.05.